The van der Waals surface area contributed by atoms with Crippen molar-refractivity contribution in [3.8, 4) is 0 Å². The summed E-state index contributed by atoms with van der Waals surface area (Å²) in [7, 11) is -3.70. The monoisotopic (exact) mass is 525 g/mol. The Morgan fingerprint density at radius 1 is 1.23 bits per heavy atom. The normalized spacial score (nSPS) is 17.3. The predicted octanol–water partition coefficient (Wildman–Crippen LogP) is 6.78. The summed E-state index contributed by atoms with van der Waals surface area (Å²) in [5, 5.41) is 5.88. The SMILES string of the molecule is O=C(NC=Cc1ccccc1Br)C(c1csc2ccc(Cl)cc12)P1(=O)OCCCO1. The van der Waals surface area contributed by atoms with Gasteiger partial charge in [0.1, 0.15) is 0 Å². The van der Waals surface area contributed by atoms with Crippen LogP contribution >= 0.6 is 46.5 Å². The minimum Gasteiger partial charge on any atom is -0.332 e. The smallest absolute Gasteiger partial charge is 0.332 e. The van der Waals surface area contributed by atoms with Crippen molar-refractivity contribution in [2.24, 2.45) is 0 Å². The molecular weight excluding hydrogens is 509 g/mol. The second-order valence-electron chi connectivity index (χ2n) is 6.66. The lowest BCUT2D eigenvalue weighted by Crippen LogP contribution is -2.28. The molecule has 0 aliphatic carbocycles. The van der Waals surface area contributed by atoms with Crippen LogP contribution in [0, 0.1) is 0 Å². The van der Waals surface area contributed by atoms with Crippen molar-refractivity contribution >= 4 is 68.5 Å². The fourth-order valence-corrected chi connectivity index (χ4v) is 6.93. The van der Waals surface area contributed by atoms with Crippen molar-refractivity contribution < 1.29 is 18.4 Å². The molecule has 1 amide bonds. The van der Waals surface area contributed by atoms with Crippen molar-refractivity contribution in [3.05, 3.63) is 74.7 Å². The van der Waals surface area contributed by atoms with Gasteiger partial charge in [0.05, 0.1) is 13.2 Å². The first-order chi connectivity index (χ1) is 14.5. The fraction of sp³-hybridized carbons (Fsp3) is 0.190. The third kappa shape index (κ3) is 4.57. The van der Waals surface area contributed by atoms with Crippen LogP contribution in [0.5, 0.6) is 0 Å². The molecule has 156 valence electrons. The summed E-state index contributed by atoms with van der Waals surface area (Å²) in [6.45, 7) is 0.577. The van der Waals surface area contributed by atoms with E-state index in [-0.39, 0.29) is 13.2 Å². The first-order valence-corrected chi connectivity index (χ1v) is 12.9. The van der Waals surface area contributed by atoms with Gasteiger partial charge < -0.3 is 14.4 Å². The van der Waals surface area contributed by atoms with Crippen molar-refractivity contribution in [2.45, 2.75) is 12.1 Å². The van der Waals surface area contributed by atoms with E-state index in [1.54, 1.807) is 18.2 Å². The third-order valence-corrected chi connectivity index (χ3v) is 8.82. The molecular formula is C21H18BrClNO4PS. The van der Waals surface area contributed by atoms with Crippen molar-refractivity contribution in [1.82, 2.24) is 5.32 Å². The maximum absolute atomic E-state index is 13.5. The Kier molecular flexibility index (Phi) is 6.78. The van der Waals surface area contributed by atoms with Gasteiger partial charge in [-0.3, -0.25) is 9.36 Å². The Labute approximate surface area is 191 Å². The van der Waals surface area contributed by atoms with Gasteiger partial charge in [-0.05, 0) is 58.7 Å². The molecule has 1 aliphatic heterocycles. The number of nitrogens with one attached hydrogen (secondary N) is 1. The van der Waals surface area contributed by atoms with Crippen LogP contribution in [-0.2, 0) is 18.4 Å². The zero-order chi connectivity index (χ0) is 21.1. The van der Waals surface area contributed by atoms with Crippen LogP contribution < -0.4 is 5.32 Å². The van der Waals surface area contributed by atoms with E-state index in [0.29, 0.717) is 17.0 Å². The van der Waals surface area contributed by atoms with Crippen molar-refractivity contribution in [3.63, 3.8) is 0 Å². The maximum atomic E-state index is 13.5. The Bertz CT molecular complexity index is 1150. The zero-order valence-electron chi connectivity index (χ0n) is 15.7. The summed E-state index contributed by atoms with van der Waals surface area (Å²) in [6, 6.07) is 13.1. The molecule has 0 radical (unpaired) electrons. The van der Waals surface area contributed by atoms with Crippen LogP contribution in [0.4, 0.5) is 0 Å². The van der Waals surface area contributed by atoms with Gasteiger partial charge in [-0.1, -0.05) is 45.7 Å². The second-order valence-corrected chi connectivity index (χ2v) is 11.0. The number of halogens is 2. The third-order valence-electron chi connectivity index (χ3n) is 4.65. The number of hydrogen-bond acceptors (Lipinski definition) is 5. The number of carbonyl (C=O) groups excluding carboxylic acids is 1. The van der Waals surface area contributed by atoms with Gasteiger partial charge in [0, 0.05) is 20.4 Å². The molecule has 1 aliphatic rings. The van der Waals surface area contributed by atoms with Gasteiger partial charge in [-0.15, -0.1) is 11.3 Å². The molecule has 0 spiro atoms. The first-order valence-electron chi connectivity index (χ1n) is 9.25. The van der Waals surface area contributed by atoms with Gasteiger partial charge in [0.25, 0.3) is 0 Å². The molecule has 2 aromatic carbocycles. The van der Waals surface area contributed by atoms with Gasteiger partial charge >= 0.3 is 7.60 Å². The van der Waals surface area contributed by atoms with Crippen LogP contribution in [0.15, 0.2) is 58.5 Å². The highest BCUT2D eigenvalue weighted by molar-refractivity contribution is 9.10. The molecule has 2 heterocycles. The molecule has 1 fully saturated rings. The number of amides is 1. The molecule has 1 atom stereocenters. The van der Waals surface area contributed by atoms with Crippen LogP contribution in [0.1, 0.15) is 23.2 Å². The number of hydrogen-bond donors (Lipinski definition) is 1. The van der Waals surface area contributed by atoms with Crippen LogP contribution in [0.2, 0.25) is 5.02 Å². The van der Waals surface area contributed by atoms with Gasteiger partial charge in [-0.2, -0.15) is 0 Å². The molecule has 4 rings (SSSR count). The number of carbonyl (C=O) groups is 1. The highest BCUT2D eigenvalue weighted by atomic mass is 79.9. The lowest BCUT2D eigenvalue weighted by atomic mass is 10.1. The quantitative estimate of drug-likeness (QED) is 0.372. The molecule has 1 saturated heterocycles. The minimum atomic E-state index is -3.70. The molecule has 0 bridgehead atoms. The van der Waals surface area contributed by atoms with Crippen LogP contribution in [-0.4, -0.2) is 19.1 Å². The molecule has 1 aromatic heterocycles. The Hall–Kier alpha value is -1.47. The Balaban J connectivity index is 1.68. The molecule has 9 heteroatoms. The zero-order valence-corrected chi connectivity index (χ0v) is 19.8. The van der Waals surface area contributed by atoms with Crippen LogP contribution in [0.25, 0.3) is 16.2 Å². The van der Waals surface area contributed by atoms with E-state index < -0.39 is 19.2 Å². The standard InChI is InChI=1S/C21H18BrClNO4PS/c22-18-5-2-1-4-14(18)8-9-24-21(25)20(29(26)27-10-3-11-28-29)17-13-30-19-7-6-15(23)12-16(17)19/h1-2,4-9,12-13,20H,3,10-11H2,(H,24,25). The summed E-state index contributed by atoms with van der Waals surface area (Å²) in [6.07, 6.45) is 3.93. The van der Waals surface area contributed by atoms with E-state index >= 15 is 0 Å². The summed E-state index contributed by atoms with van der Waals surface area (Å²) in [5.74, 6) is -0.455. The molecule has 1 N–H and O–H groups in total. The average molecular weight is 527 g/mol. The highest BCUT2D eigenvalue weighted by Gasteiger charge is 2.45. The maximum Gasteiger partial charge on any atom is 0.347 e. The first kappa shape index (κ1) is 21.8. The summed E-state index contributed by atoms with van der Waals surface area (Å²) in [5.41, 5.74) is 0.405. The topological polar surface area (TPSA) is 64.6 Å². The Morgan fingerprint density at radius 2 is 2.00 bits per heavy atom. The lowest BCUT2D eigenvalue weighted by molar-refractivity contribution is -0.120. The van der Waals surface area contributed by atoms with E-state index in [4.69, 9.17) is 20.6 Å². The molecule has 1 unspecified atom stereocenters. The lowest BCUT2D eigenvalue weighted by Gasteiger charge is -2.29. The number of rotatable bonds is 5. The van der Waals surface area contributed by atoms with E-state index in [1.165, 1.54) is 17.5 Å². The average Bonchev–Trinajstić information content (AvgIpc) is 3.12. The van der Waals surface area contributed by atoms with Crippen LogP contribution in [0.3, 0.4) is 0 Å². The number of fused-ring (bicyclic) bond motifs is 1. The van der Waals surface area contributed by atoms with Gasteiger partial charge in [0.2, 0.25) is 5.91 Å². The fourth-order valence-electron chi connectivity index (χ4n) is 3.22. The van der Waals surface area contributed by atoms with E-state index in [0.717, 1.165) is 20.1 Å². The van der Waals surface area contributed by atoms with E-state index in [2.05, 4.69) is 21.2 Å². The molecule has 0 saturated carbocycles. The Morgan fingerprint density at radius 3 is 2.77 bits per heavy atom. The number of thiophene rings is 1. The summed E-state index contributed by atoms with van der Waals surface area (Å²) >= 11 is 11.1. The van der Waals surface area contributed by atoms with E-state index in [1.807, 2.05) is 35.7 Å². The van der Waals surface area contributed by atoms with Gasteiger partial charge in [-0.25, -0.2) is 0 Å². The summed E-state index contributed by atoms with van der Waals surface area (Å²) < 4.78 is 26.5. The second kappa shape index (κ2) is 9.35. The molecule has 5 nitrogen and oxygen atoms in total. The highest BCUT2D eigenvalue weighted by Crippen LogP contribution is 2.63. The van der Waals surface area contributed by atoms with Crippen molar-refractivity contribution in [2.75, 3.05) is 13.2 Å². The molecule has 30 heavy (non-hydrogen) atoms. The van der Waals surface area contributed by atoms with Crippen molar-refractivity contribution in [1.29, 1.82) is 0 Å². The predicted molar refractivity (Wildman–Crippen MR) is 125 cm³/mol. The van der Waals surface area contributed by atoms with Gasteiger partial charge in [0.15, 0.2) is 5.66 Å². The largest absolute Gasteiger partial charge is 0.347 e. The number of benzene rings is 2. The molecule has 3 aromatic rings. The van der Waals surface area contributed by atoms with E-state index in [9.17, 15) is 9.36 Å². The summed E-state index contributed by atoms with van der Waals surface area (Å²) in [4.78, 5) is 13.2. The minimum absolute atomic E-state index is 0.288.